The molecule has 1 saturated carbocycles. The van der Waals surface area contributed by atoms with Gasteiger partial charge in [0.25, 0.3) is 0 Å². The van der Waals surface area contributed by atoms with Gasteiger partial charge in [-0.15, -0.1) is 0 Å². The van der Waals surface area contributed by atoms with Gasteiger partial charge in [0.05, 0.1) is 11.0 Å². The average molecular weight is 408 g/mol. The lowest BCUT2D eigenvalue weighted by atomic mass is 10.1. The summed E-state index contributed by atoms with van der Waals surface area (Å²) in [6, 6.07) is 15.0. The zero-order chi connectivity index (χ0) is 19.8. The standard InChI is InChI=1S/C23H26ClN5/c1-16-14-17(6-9-19(16)24)15-28-10-12-29(13-11-28)23-22(25-18-7-8-18)26-20-4-2-3-5-21(20)27-23/h2-6,9,14,18H,7-8,10-13,15H2,1H3,(H,25,26). The smallest absolute Gasteiger partial charge is 0.172 e. The summed E-state index contributed by atoms with van der Waals surface area (Å²) in [7, 11) is 0. The van der Waals surface area contributed by atoms with E-state index in [2.05, 4.69) is 34.2 Å². The Kier molecular flexibility index (Phi) is 5.02. The number of halogens is 1. The van der Waals surface area contributed by atoms with E-state index < -0.39 is 0 Å². The monoisotopic (exact) mass is 407 g/mol. The molecule has 1 aliphatic carbocycles. The van der Waals surface area contributed by atoms with Crippen LogP contribution in [0.3, 0.4) is 0 Å². The number of nitrogens with zero attached hydrogens (tertiary/aromatic N) is 4. The summed E-state index contributed by atoms with van der Waals surface area (Å²) in [6.07, 6.45) is 2.45. The van der Waals surface area contributed by atoms with Crippen LogP contribution in [0.4, 0.5) is 11.6 Å². The van der Waals surface area contributed by atoms with E-state index >= 15 is 0 Å². The number of anilines is 2. The van der Waals surface area contributed by atoms with Gasteiger partial charge in [0.2, 0.25) is 0 Å². The van der Waals surface area contributed by atoms with E-state index in [0.29, 0.717) is 6.04 Å². The minimum atomic E-state index is 0.554. The Bertz CT molecular complexity index is 1020. The fourth-order valence-electron chi connectivity index (χ4n) is 3.91. The zero-order valence-corrected chi connectivity index (χ0v) is 17.5. The van der Waals surface area contributed by atoms with E-state index in [1.807, 2.05) is 30.3 Å². The number of nitrogens with one attached hydrogen (secondary N) is 1. The first-order valence-corrected chi connectivity index (χ1v) is 10.8. The van der Waals surface area contributed by atoms with Crippen LogP contribution in [-0.4, -0.2) is 47.1 Å². The van der Waals surface area contributed by atoms with Gasteiger partial charge in [0.1, 0.15) is 0 Å². The van der Waals surface area contributed by atoms with Gasteiger partial charge >= 0.3 is 0 Å². The second kappa shape index (κ2) is 7.81. The number of aryl methyl sites for hydroxylation is 1. The minimum absolute atomic E-state index is 0.554. The van der Waals surface area contributed by atoms with E-state index in [1.165, 1.54) is 18.4 Å². The Morgan fingerprint density at radius 2 is 1.72 bits per heavy atom. The number of benzene rings is 2. The summed E-state index contributed by atoms with van der Waals surface area (Å²) in [4.78, 5) is 14.8. The minimum Gasteiger partial charge on any atom is -0.364 e. The van der Waals surface area contributed by atoms with Crippen molar-refractivity contribution in [3.63, 3.8) is 0 Å². The van der Waals surface area contributed by atoms with Crippen molar-refractivity contribution in [1.29, 1.82) is 0 Å². The summed E-state index contributed by atoms with van der Waals surface area (Å²) < 4.78 is 0. The topological polar surface area (TPSA) is 44.3 Å². The third kappa shape index (κ3) is 4.16. The second-order valence-corrected chi connectivity index (χ2v) is 8.56. The highest BCUT2D eigenvalue weighted by Gasteiger charge is 2.26. The fraction of sp³-hybridized carbons (Fsp3) is 0.391. The highest BCUT2D eigenvalue weighted by atomic mass is 35.5. The molecule has 5 rings (SSSR count). The molecular weight excluding hydrogens is 382 g/mol. The molecule has 3 aromatic rings. The maximum atomic E-state index is 6.17. The van der Waals surface area contributed by atoms with E-state index in [0.717, 1.165) is 66.0 Å². The molecular formula is C23H26ClN5. The molecule has 2 heterocycles. The van der Waals surface area contributed by atoms with Crippen molar-refractivity contribution in [2.24, 2.45) is 0 Å². The van der Waals surface area contributed by atoms with Crippen molar-refractivity contribution in [3.05, 3.63) is 58.6 Å². The SMILES string of the molecule is Cc1cc(CN2CCN(c3nc4ccccc4nc3NC3CC3)CC2)ccc1Cl. The average Bonchev–Trinajstić information content (AvgIpc) is 3.55. The normalized spacial score (nSPS) is 17.7. The van der Waals surface area contributed by atoms with Gasteiger partial charge in [0.15, 0.2) is 11.6 Å². The van der Waals surface area contributed by atoms with Crippen LogP contribution in [0.1, 0.15) is 24.0 Å². The van der Waals surface area contributed by atoms with Crippen LogP contribution in [0.5, 0.6) is 0 Å². The number of hydrogen-bond acceptors (Lipinski definition) is 5. The maximum absolute atomic E-state index is 6.17. The fourth-order valence-corrected chi connectivity index (χ4v) is 4.03. The van der Waals surface area contributed by atoms with Gasteiger partial charge in [0, 0.05) is 43.8 Å². The zero-order valence-electron chi connectivity index (χ0n) is 16.7. The first-order valence-electron chi connectivity index (χ1n) is 10.4. The van der Waals surface area contributed by atoms with Crippen molar-refractivity contribution in [1.82, 2.24) is 14.9 Å². The number of hydrogen-bond donors (Lipinski definition) is 1. The lowest BCUT2D eigenvalue weighted by molar-refractivity contribution is 0.249. The number of para-hydroxylation sites is 2. The van der Waals surface area contributed by atoms with Crippen molar-refractivity contribution in [2.45, 2.75) is 32.4 Å². The Labute approximate surface area is 176 Å². The third-order valence-corrected chi connectivity index (χ3v) is 6.19. The van der Waals surface area contributed by atoms with Crippen molar-refractivity contribution >= 4 is 34.3 Å². The van der Waals surface area contributed by atoms with Gasteiger partial charge in [-0.05, 0) is 49.1 Å². The molecule has 0 unspecified atom stereocenters. The van der Waals surface area contributed by atoms with Crippen molar-refractivity contribution < 1.29 is 0 Å². The number of rotatable bonds is 5. The number of piperazine rings is 1. The molecule has 1 N–H and O–H groups in total. The van der Waals surface area contributed by atoms with Gasteiger partial charge in [-0.3, -0.25) is 4.90 Å². The van der Waals surface area contributed by atoms with Crippen LogP contribution in [0, 0.1) is 6.92 Å². The summed E-state index contributed by atoms with van der Waals surface area (Å²) in [5.41, 5.74) is 4.38. The highest BCUT2D eigenvalue weighted by molar-refractivity contribution is 6.31. The summed E-state index contributed by atoms with van der Waals surface area (Å²) in [5, 5.41) is 4.43. The molecule has 0 bridgehead atoms. The molecule has 0 spiro atoms. The number of fused-ring (bicyclic) bond motifs is 1. The molecule has 2 aromatic carbocycles. The van der Waals surface area contributed by atoms with Crippen LogP contribution < -0.4 is 10.2 Å². The molecule has 0 radical (unpaired) electrons. The molecule has 0 amide bonds. The Morgan fingerprint density at radius 1 is 1.00 bits per heavy atom. The second-order valence-electron chi connectivity index (χ2n) is 8.15. The Balaban J connectivity index is 1.32. The van der Waals surface area contributed by atoms with Gasteiger partial charge < -0.3 is 10.2 Å². The molecule has 5 nitrogen and oxygen atoms in total. The summed E-state index contributed by atoms with van der Waals surface area (Å²) >= 11 is 6.17. The number of aromatic nitrogens is 2. The molecule has 150 valence electrons. The van der Waals surface area contributed by atoms with E-state index in [4.69, 9.17) is 21.6 Å². The summed E-state index contributed by atoms with van der Waals surface area (Å²) in [6.45, 7) is 6.97. The van der Waals surface area contributed by atoms with Crippen LogP contribution in [-0.2, 0) is 6.54 Å². The van der Waals surface area contributed by atoms with E-state index in [9.17, 15) is 0 Å². The predicted octanol–water partition coefficient (Wildman–Crippen LogP) is 4.49. The van der Waals surface area contributed by atoms with Crippen molar-refractivity contribution in [2.75, 3.05) is 36.4 Å². The predicted molar refractivity (Wildman–Crippen MR) is 120 cm³/mol. The van der Waals surface area contributed by atoms with E-state index in [1.54, 1.807) is 0 Å². The summed E-state index contributed by atoms with van der Waals surface area (Å²) in [5.74, 6) is 1.94. The van der Waals surface area contributed by atoms with Gasteiger partial charge in [-0.2, -0.15) is 0 Å². The quantitative estimate of drug-likeness (QED) is 0.675. The van der Waals surface area contributed by atoms with E-state index in [-0.39, 0.29) is 0 Å². The molecule has 1 aliphatic heterocycles. The lowest BCUT2D eigenvalue weighted by Gasteiger charge is -2.36. The van der Waals surface area contributed by atoms with Gasteiger partial charge in [-0.25, -0.2) is 9.97 Å². The van der Waals surface area contributed by atoms with Crippen LogP contribution >= 0.6 is 11.6 Å². The first kappa shape index (κ1) is 18.6. The molecule has 6 heteroatoms. The lowest BCUT2D eigenvalue weighted by Crippen LogP contribution is -2.46. The highest BCUT2D eigenvalue weighted by Crippen LogP contribution is 2.31. The molecule has 1 aromatic heterocycles. The maximum Gasteiger partial charge on any atom is 0.172 e. The molecule has 29 heavy (non-hydrogen) atoms. The van der Waals surface area contributed by atoms with Crippen LogP contribution in [0.15, 0.2) is 42.5 Å². The van der Waals surface area contributed by atoms with Crippen LogP contribution in [0.2, 0.25) is 5.02 Å². The molecule has 0 atom stereocenters. The largest absolute Gasteiger partial charge is 0.364 e. The molecule has 1 saturated heterocycles. The molecule has 2 fully saturated rings. The Hall–Kier alpha value is -2.37. The third-order valence-electron chi connectivity index (χ3n) is 5.77. The van der Waals surface area contributed by atoms with Crippen molar-refractivity contribution in [3.8, 4) is 0 Å². The molecule has 2 aliphatic rings. The van der Waals surface area contributed by atoms with Gasteiger partial charge in [-0.1, -0.05) is 35.9 Å². The first-order chi connectivity index (χ1) is 14.2. The van der Waals surface area contributed by atoms with Crippen LogP contribution in [0.25, 0.3) is 11.0 Å². The Morgan fingerprint density at radius 3 is 2.41 bits per heavy atom.